The van der Waals surface area contributed by atoms with Crippen molar-refractivity contribution < 1.29 is 4.79 Å². The number of aromatic nitrogens is 4. The largest absolute Gasteiger partial charge is 0.293 e. The summed E-state index contributed by atoms with van der Waals surface area (Å²) in [4.78, 5) is 23.6. The van der Waals surface area contributed by atoms with Crippen molar-refractivity contribution in [2.24, 2.45) is 17.3 Å². The fourth-order valence-corrected chi connectivity index (χ4v) is 4.49. The molecule has 1 saturated carbocycles. The van der Waals surface area contributed by atoms with Crippen LogP contribution in [0.3, 0.4) is 0 Å². The molecule has 5 rings (SSSR count). The van der Waals surface area contributed by atoms with Gasteiger partial charge in [-0.3, -0.25) is 19.7 Å². The van der Waals surface area contributed by atoms with Gasteiger partial charge in [0.25, 0.3) is 0 Å². The molecule has 4 heterocycles. The maximum absolute atomic E-state index is 13.4. The molecule has 0 unspecified atom stereocenters. The van der Waals surface area contributed by atoms with Gasteiger partial charge in [-0.1, -0.05) is 6.92 Å². The standard InChI is InChI=1S/C21H20N6O/c1-13-11-26(20(28)21(13,12-22)15-3-4-15)19-17-6-7-23-10-18(17)27(25-19)16-5-8-24-14(2)9-16/h5-10,13,15H,3-4,11H2,1-2H3/t13-,21+/m1/s1. The van der Waals surface area contributed by atoms with Crippen LogP contribution in [0.1, 0.15) is 25.5 Å². The molecule has 1 saturated heterocycles. The molecular weight excluding hydrogens is 352 g/mol. The van der Waals surface area contributed by atoms with Crippen molar-refractivity contribution in [3.8, 4) is 11.8 Å². The van der Waals surface area contributed by atoms with Gasteiger partial charge < -0.3 is 0 Å². The number of aryl methyl sites for hydroxylation is 1. The fraction of sp³-hybridized carbons (Fsp3) is 0.381. The van der Waals surface area contributed by atoms with Gasteiger partial charge in [-0.25, -0.2) is 4.68 Å². The zero-order valence-corrected chi connectivity index (χ0v) is 15.8. The fourth-order valence-electron chi connectivity index (χ4n) is 4.49. The van der Waals surface area contributed by atoms with E-state index in [0.717, 1.165) is 35.1 Å². The van der Waals surface area contributed by atoms with Crippen molar-refractivity contribution in [1.29, 1.82) is 5.26 Å². The molecule has 3 aromatic rings. The van der Waals surface area contributed by atoms with Gasteiger partial charge in [-0.05, 0) is 43.9 Å². The van der Waals surface area contributed by atoms with Crippen LogP contribution >= 0.6 is 0 Å². The summed E-state index contributed by atoms with van der Waals surface area (Å²) in [6.07, 6.45) is 7.10. The van der Waals surface area contributed by atoms with E-state index >= 15 is 0 Å². The number of hydrogen-bond acceptors (Lipinski definition) is 5. The highest BCUT2D eigenvalue weighted by Crippen LogP contribution is 2.54. The molecule has 2 aliphatic rings. The van der Waals surface area contributed by atoms with Crippen LogP contribution < -0.4 is 4.90 Å². The lowest BCUT2D eigenvalue weighted by Crippen LogP contribution is -2.37. The molecule has 0 bridgehead atoms. The number of carbonyl (C=O) groups excluding carboxylic acids is 1. The third-order valence-electron chi connectivity index (χ3n) is 6.08. The van der Waals surface area contributed by atoms with Crippen molar-refractivity contribution in [3.05, 3.63) is 42.5 Å². The van der Waals surface area contributed by atoms with Gasteiger partial charge in [-0.2, -0.15) is 5.26 Å². The van der Waals surface area contributed by atoms with E-state index in [1.807, 2.05) is 32.0 Å². The number of amides is 1. The first-order chi connectivity index (χ1) is 13.6. The maximum atomic E-state index is 13.4. The minimum Gasteiger partial charge on any atom is -0.293 e. The van der Waals surface area contributed by atoms with E-state index in [0.29, 0.717) is 12.4 Å². The number of carbonyl (C=O) groups is 1. The van der Waals surface area contributed by atoms with Crippen molar-refractivity contribution in [2.45, 2.75) is 26.7 Å². The summed E-state index contributed by atoms with van der Waals surface area (Å²) in [7, 11) is 0. The summed E-state index contributed by atoms with van der Waals surface area (Å²) >= 11 is 0. The Kier molecular flexibility index (Phi) is 3.53. The number of anilines is 1. The van der Waals surface area contributed by atoms with Gasteiger partial charge in [0.05, 0.1) is 23.5 Å². The van der Waals surface area contributed by atoms with Crippen LogP contribution in [0, 0.1) is 35.5 Å². The molecule has 7 nitrogen and oxygen atoms in total. The highest BCUT2D eigenvalue weighted by atomic mass is 16.2. The second kappa shape index (κ2) is 5.86. The zero-order valence-electron chi connectivity index (χ0n) is 15.8. The second-order valence-corrected chi connectivity index (χ2v) is 7.86. The molecule has 2 fully saturated rings. The number of pyridine rings is 2. The molecule has 0 N–H and O–H groups in total. The van der Waals surface area contributed by atoms with E-state index in [1.165, 1.54) is 0 Å². The Labute approximate surface area is 162 Å². The van der Waals surface area contributed by atoms with Gasteiger partial charge in [0.15, 0.2) is 5.82 Å². The Morgan fingerprint density at radius 3 is 2.82 bits per heavy atom. The van der Waals surface area contributed by atoms with Crippen LogP contribution in [0.4, 0.5) is 5.82 Å². The average Bonchev–Trinajstić information content (AvgIpc) is 3.42. The van der Waals surface area contributed by atoms with E-state index < -0.39 is 5.41 Å². The summed E-state index contributed by atoms with van der Waals surface area (Å²) in [5.41, 5.74) is 1.65. The lowest BCUT2D eigenvalue weighted by Gasteiger charge is -2.22. The number of nitriles is 1. The third kappa shape index (κ3) is 2.21. The van der Waals surface area contributed by atoms with Gasteiger partial charge in [-0.15, -0.1) is 5.10 Å². The molecule has 7 heteroatoms. The quantitative estimate of drug-likeness (QED) is 0.705. The second-order valence-electron chi connectivity index (χ2n) is 7.86. The van der Waals surface area contributed by atoms with Crippen molar-refractivity contribution in [2.75, 3.05) is 11.4 Å². The number of fused-ring (bicyclic) bond motifs is 1. The molecule has 1 aliphatic carbocycles. The molecule has 1 aliphatic heterocycles. The van der Waals surface area contributed by atoms with Crippen molar-refractivity contribution >= 4 is 22.6 Å². The molecule has 0 aromatic carbocycles. The predicted molar refractivity (Wildman–Crippen MR) is 104 cm³/mol. The number of nitrogens with zero attached hydrogens (tertiary/aromatic N) is 6. The summed E-state index contributed by atoms with van der Waals surface area (Å²) in [5, 5.41) is 15.6. The zero-order chi connectivity index (χ0) is 19.5. The van der Waals surface area contributed by atoms with E-state index in [2.05, 4.69) is 16.0 Å². The normalized spacial score (nSPS) is 24.7. The summed E-state index contributed by atoms with van der Waals surface area (Å²) in [6.45, 7) is 4.44. The van der Waals surface area contributed by atoms with Crippen molar-refractivity contribution in [3.63, 3.8) is 0 Å². The van der Waals surface area contributed by atoms with Crippen LogP contribution in [0.25, 0.3) is 16.6 Å². The molecule has 140 valence electrons. The average molecular weight is 372 g/mol. The van der Waals surface area contributed by atoms with Gasteiger partial charge >= 0.3 is 0 Å². The van der Waals surface area contributed by atoms with Gasteiger partial charge in [0, 0.05) is 35.9 Å². The Morgan fingerprint density at radius 2 is 2.11 bits per heavy atom. The van der Waals surface area contributed by atoms with Gasteiger partial charge in [0.1, 0.15) is 5.41 Å². The highest BCUT2D eigenvalue weighted by molar-refractivity contribution is 6.07. The molecule has 2 atom stereocenters. The minimum atomic E-state index is -0.920. The van der Waals surface area contributed by atoms with Gasteiger partial charge in [0.2, 0.25) is 5.91 Å². The van der Waals surface area contributed by atoms with E-state index in [9.17, 15) is 10.1 Å². The smallest absolute Gasteiger partial charge is 0.249 e. The van der Waals surface area contributed by atoms with Crippen molar-refractivity contribution in [1.82, 2.24) is 19.7 Å². The first-order valence-corrected chi connectivity index (χ1v) is 9.55. The Balaban J connectivity index is 1.67. The SMILES string of the molecule is Cc1cc(-n2nc(N3C[C@@H](C)[C@@](C#N)(C4CC4)C3=O)c3ccncc32)ccn1. The summed E-state index contributed by atoms with van der Waals surface area (Å²) in [5.74, 6) is 0.631. The van der Waals surface area contributed by atoms with E-state index in [-0.39, 0.29) is 17.7 Å². The third-order valence-corrected chi connectivity index (χ3v) is 6.08. The van der Waals surface area contributed by atoms with Crippen LogP contribution in [0.5, 0.6) is 0 Å². The van der Waals surface area contributed by atoms with E-state index in [4.69, 9.17) is 5.10 Å². The topological polar surface area (TPSA) is 87.7 Å². The number of hydrogen-bond donors (Lipinski definition) is 0. The Hall–Kier alpha value is -3.27. The highest BCUT2D eigenvalue weighted by Gasteiger charge is 2.61. The molecule has 3 aromatic heterocycles. The van der Waals surface area contributed by atoms with Crippen LogP contribution in [0.15, 0.2) is 36.8 Å². The van der Waals surface area contributed by atoms with Crippen LogP contribution in [0.2, 0.25) is 0 Å². The number of rotatable bonds is 3. The molecule has 1 amide bonds. The molecule has 28 heavy (non-hydrogen) atoms. The Bertz CT molecular complexity index is 1140. The molecule has 0 spiro atoms. The minimum absolute atomic E-state index is 0.0253. The first kappa shape index (κ1) is 16.9. The maximum Gasteiger partial charge on any atom is 0.249 e. The summed E-state index contributed by atoms with van der Waals surface area (Å²) < 4.78 is 1.80. The predicted octanol–water partition coefficient (Wildman–Crippen LogP) is 3.03. The van der Waals surface area contributed by atoms with E-state index in [1.54, 1.807) is 28.2 Å². The lowest BCUT2D eigenvalue weighted by atomic mass is 9.75. The summed E-state index contributed by atoms with van der Waals surface area (Å²) in [6, 6.07) is 8.09. The van der Waals surface area contributed by atoms with Crippen LogP contribution in [-0.4, -0.2) is 32.2 Å². The molecular formula is C21H20N6O. The van der Waals surface area contributed by atoms with Crippen LogP contribution in [-0.2, 0) is 4.79 Å². The molecule has 0 radical (unpaired) electrons. The monoisotopic (exact) mass is 372 g/mol. The lowest BCUT2D eigenvalue weighted by molar-refractivity contribution is -0.124. The Morgan fingerprint density at radius 1 is 1.29 bits per heavy atom. The first-order valence-electron chi connectivity index (χ1n) is 9.55.